The fraction of sp³-hybridized carbons (Fsp3) is 0.174. The average molecular weight is 488 g/mol. The number of nitro benzene ring substituents is 1. The van der Waals surface area contributed by atoms with Gasteiger partial charge in [0.2, 0.25) is 15.9 Å². The number of carbonyl (C=O) groups excluding carboxylic acids is 1. The van der Waals surface area contributed by atoms with Crippen LogP contribution in [0.5, 0.6) is 0 Å². The Balaban J connectivity index is 1.84. The number of rotatable bonds is 9. The lowest BCUT2D eigenvalue weighted by Gasteiger charge is -2.22. The first-order valence-corrected chi connectivity index (χ1v) is 11.8. The summed E-state index contributed by atoms with van der Waals surface area (Å²) in [7, 11) is -4.00. The van der Waals surface area contributed by atoms with E-state index in [4.69, 9.17) is 11.6 Å². The molecule has 0 unspecified atom stereocenters. The van der Waals surface area contributed by atoms with E-state index in [1.165, 1.54) is 42.5 Å². The number of hydrogen-bond acceptors (Lipinski definition) is 5. The van der Waals surface area contributed by atoms with Crippen LogP contribution in [0.25, 0.3) is 0 Å². The molecule has 172 valence electrons. The van der Waals surface area contributed by atoms with Gasteiger partial charge >= 0.3 is 0 Å². The highest BCUT2D eigenvalue weighted by Gasteiger charge is 2.27. The predicted molar refractivity (Wildman–Crippen MR) is 127 cm³/mol. The molecule has 0 atom stereocenters. The third kappa shape index (κ3) is 6.38. The summed E-state index contributed by atoms with van der Waals surface area (Å²) in [5.41, 5.74) is 1.61. The van der Waals surface area contributed by atoms with Gasteiger partial charge in [-0.1, -0.05) is 48.0 Å². The first-order chi connectivity index (χ1) is 15.7. The summed E-state index contributed by atoms with van der Waals surface area (Å²) in [5, 5.41) is 14.0. The van der Waals surface area contributed by atoms with Crippen molar-refractivity contribution in [3.8, 4) is 0 Å². The molecule has 3 aromatic carbocycles. The fourth-order valence-corrected chi connectivity index (χ4v) is 4.67. The smallest absolute Gasteiger partial charge is 0.271 e. The standard InChI is InChI=1S/C23H22ClN3O5S/c1-17-7-10-20(27(29)30)15-22(17)25-23(28)16-26(14-13-18-5-3-2-4-6-18)33(31,32)21-11-8-19(24)9-12-21/h2-12,15H,13-14,16H2,1H3,(H,25,28). The molecule has 0 aliphatic carbocycles. The van der Waals surface area contributed by atoms with Gasteiger partial charge in [-0.05, 0) is 48.7 Å². The second kappa shape index (κ2) is 10.6. The molecule has 0 aromatic heterocycles. The van der Waals surface area contributed by atoms with E-state index < -0.39 is 27.4 Å². The molecule has 0 radical (unpaired) electrons. The lowest BCUT2D eigenvalue weighted by Crippen LogP contribution is -2.39. The van der Waals surface area contributed by atoms with Crippen LogP contribution in [-0.4, -0.2) is 36.6 Å². The van der Waals surface area contributed by atoms with Crippen molar-refractivity contribution in [2.75, 3.05) is 18.4 Å². The summed E-state index contributed by atoms with van der Waals surface area (Å²) in [4.78, 5) is 23.3. The zero-order valence-electron chi connectivity index (χ0n) is 17.8. The number of aryl methyl sites for hydroxylation is 1. The summed E-state index contributed by atoms with van der Waals surface area (Å²) in [5.74, 6) is -0.607. The molecule has 3 rings (SSSR count). The van der Waals surface area contributed by atoms with Crippen molar-refractivity contribution in [1.82, 2.24) is 4.31 Å². The maximum Gasteiger partial charge on any atom is 0.271 e. The van der Waals surface area contributed by atoms with E-state index in [2.05, 4.69) is 5.32 Å². The van der Waals surface area contributed by atoms with Crippen molar-refractivity contribution in [3.05, 3.63) is 99.1 Å². The zero-order valence-corrected chi connectivity index (χ0v) is 19.3. The van der Waals surface area contributed by atoms with Gasteiger partial charge < -0.3 is 5.32 Å². The highest BCUT2D eigenvalue weighted by Crippen LogP contribution is 2.23. The van der Waals surface area contributed by atoms with Gasteiger partial charge in [-0.2, -0.15) is 4.31 Å². The van der Waals surface area contributed by atoms with Gasteiger partial charge in [-0.25, -0.2) is 8.42 Å². The van der Waals surface area contributed by atoms with E-state index >= 15 is 0 Å². The van der Waals surface area contributed by atoms with Crippen LogP contribution < -0.4 is 5.32 Å². The number of carbonyl (C=O) groups is 1. The van der Waals surface area contributed by atoms with Crippen LogP contribution >= 0.6 is 11.6 Å². The van der Waals surface area contributed by atoms with Gasteiger partial charge in [-0.3, -0.25) is 14.9 Å². The Morgan fingerprint density at radius 1 is 1.06 bits per heavy atom. The van der Waals surface area contributed by atoms with E-state index in [0.717, 1.165) is 9.87 Å². The van der Waals surface area contributed by atoms with Crippen molar-refractivity contribution in [1.29, 1.82) is 0 Å². The second-order valence-corrected chi connectivity index (χ2v) is 9.71. The van der Waals surface area contributed by atoms with Gasteiger partial charge in [0.15, 0.2) is 0 Å². The van der Waals surface area contributed by atoms with Gasteiger partial charge in [-0.15, -0.1) is 0 Å². The molecule has 8 nitrogen and oxygen atoms in total. The molecule has 0 bridgehead atoms. The molecular weight excluding hydrogens is 466 g/mol. The Bertz CT molecular complexity index is 1250. The molecule has 3 aromatic rings. The molecule has 0 saturated heterocycles. The average Bonchev–Trinajstić information content (AvgIpc) is 2.78. The van der Waals surface area contributed by atoms with E-state index in [0.29, 0.717) is 17.0 Å². The molecule has 10 heteroatoms. The molecular formula is C23H22ClN3O5S. The summed E-state index contributed by atoms with van der Waals surface area (Å²) < 4.78 is 27.6. The van der Waals surface area contributed by atoms with Crippen LogP contribution in [0.1, 0.15) is 11.1 Å². The highest BCUT2D eigenvalue weighted by molar-refractivity contribution is 7.89. The fourth-order valence-electron chi connectivity index (χ4n) is 3.15. The first kappa shape index (κ1) is 24.4. The quantitative estimate of drug-likeness (QED) is 0.354. The zero-order chi connectivity index (χ0) is 24.0. The number of hydrogen-bond donors (Lipinski definition) is 1. The molecule has 0 fully saturated rings. The third-order valence-electron chi connectivity index (χ3n) is 4.97. The molecule has 0 saturated carbocycles. The summed E-state index contributed by atoms with van der Waals surface area (Å²) in [6.45, 7) is 1.30. The van der Waals surface area contributed by atoms with Crippen molar-refractivity contribution >= 4 is 38.9 Å². The number of benzene rings is 3. The molecule has 33 heavy (non-hydrogen) atoms. The Morgan fingerprint density at radius 3 is 2.36 bits per heavy atom. The predicted octanol–water partition coefficient (Wildman–Crippen LogP) is 4.43. The SMILES string of the molecule is Cc1ccc([N+](=O)[O-])cc1NC(=O)CN(CCc1ccccc1)S(=O)(=O)c1ccc(Cl)cc1. The minimum atomic E-state index is -4.00. The minimum Gasteiger partial charge on any atom is -0.324 e. The Hall–Kier alpha value is -3.27. The number of nitrogens with one attached hydrogen (secondary N) is 1. The second-order valence-electron chi connectivity index (χ2n) is 7.33. The Labute approximate surface area is 197 Å². The lowest BCUT2D eigenvalue weighted by atomic mass is 10.1. The first-order valence-electron chi connectivity index (χ1n) is 10.0. The highest BCUT2D eigenvalue weighted by atomic mass is 35.5. The van der Waals surface area contributed by atoms with Crippen molar-refractivity contribution in [2.45, 2.75) is 18.2 Å². The van der Waals surface area contributed by atoms with Crippen LogP contribution in [0.15, 0.2) is 77.7 Å². The number of amides is 1. The van der Waals surface area contributed by atoms with Crippen molar-refractivity contribution in [3.63, 3.8) is 0 Å². The van der Waals surface area contributed by atoms with E-state index in [9.17, 15) is 23.3 Å². The molecule has 1 amide bonds. The van der Waals surface area contributed by atoms with Gasteiger partial charge in [0, 0.05) is 23.7 Å². The van der Waals surface area contributed by atoms with Crippen molar-refractivity contribution < 1.29 is 18.1 Å². The number of anilines is 1. The number of nitrogens with zero attached hydrogens (tertiary/aromatic N) is 2. The maximum absolute atomic E-state index is 13.3. The number of halogens is 1. The molecule has 0 aliphatic heterocycles. The summed E-state index contributed by atoms with van der Waals surface area (Å²) in [6.07, 6.45) is 0.400. The van der Waals surface area contributed by atoms with Gasteiger partial charge in [0.25, 0.3) is 5.69 Å². The van der Waals surface area contributed by atoms with E-state index in [-0.39, 0.29) is 22.8 Å². The number of sulfonamides is 1. The third-order valence-corrected chi connectivity index (χ3v) is 7.08. The molecule has 0 aliphatic rings. The summed E-state index contributed by atoms with van der Waals surface area (Å²) in [6, 6.07) is 19.1. The number of nitro groups is 1. The molecule has 0 heterocycles. The number of non-ortho nitro benzene ring substituents is 1. The summed E-state index contributed by atoms with van der Waals surface area (Å²) >= 11 is 5.89. The Kier molecular flexibility index (Phi) is 7.80. The van der Waals surface area contributed by atoms with Gasteiger partial charge in [0.1, 0.15) is 0 Å². The molecule has 0 spiro atoms. The monoisotopic (exact) mass is 487 g/mol. The van der Waals surface area contributed by atoms with Crippen LogP contribution in [0.3, 0.4) is 0 Å². The minimum absolute atomic E-state index is 0.0132. The van der Waals surface area contributed by atoms with Crippen LogP contribution in [0, 0.1) is 17.0 Å². The largest absolute Gasteiger partial charge is 0.324 e. The van der Waals surface area contributed by atoms with Crippen molar-refractivity contribution in [2.24, 2.45) is 0 Å². The lowest BCUT2D eigenvalue weighted by molar-refractivity contribution is -0.384. The normalized spacial score (nSPS) is 11.4. The van der Waals surface area contributed by atoms with E-state index in [1.54, 1.807) is 6.92 Å². The van der Waals surface area contributed by atoms with Gasteiger partial charge in [0.05, 0.1) is 22.1 Å². The maximum atomic E-state index is 13.3. The topological polar surface area (TPSA) is 110 Å². The van der Waals surface area contributed by atoms with Crippen LogP contribution in [0.2, 0.25) is 5.02 Å². The van der Waals surface area contributed by atoms with Crippen LogP contribution in [0.4, 0.5) is 11.4 Å². The Morgan fingerprint density at radius 2 is 1.73 bits per heavy atom. The molecule has 1 N–H and O–H groups in total. The van der Waals surface area contributed by atoms with E-state index in [1.807, 2.05) is 30.3 Å². The van der Waals surface area contributed by atoms with Crippen LogP contribution in [-0.2, 0) is 21.2 Å².